The Bertz CT molecular complexity index is 723. The van der Waals surface area contributed by atoms with Gasteiger partial charge in [-0.05, 0) is 56.8 Å². The van der Waals surface area contributed by atoms with Gasteiger partial charge in [-0.2, -0.15) is 0 Å². The van der Waals surface area contributed by atoms with Crippen molar-refractivity contribution in [1.82, 2.24) is 0 Å². The summed E-state index contributed by atoms with van der Waals surface area (Å²) in [7, 11) is -1.86. The van der Waals surface area contributed by atoms with Crippen LogP contribution >= 0.6 is 11.8 Å². The Morgan fingerprint density at radius 2 is 1.62 bits per heavy atom. The average molecular weight is 385 g/mol. The van der Waals surface area contributed by atoms with Gasteiger partial charge in [0.05, 0.1) is 0 Å². The van der Waals surface area contributed by atoms with Gasteiger partial charge in [-0.15, -0.1) is 11.8 Å². The van der Waals surface area contributed by atoms with E-state index in [9.17, 15) is 4.79 Å². The first-order valence-corrected chi connectivity index (χ1v) is 13.3. The second kappa shape index (κ2) is 9.35. The van der Waals surface area contributed by atoms with Crippen LogP contribution in [0.1, 0.15) is 18.9 Å². The molecule has 0 saturated heterocycles. The molecule has 2 aromatic carbocycles. The molecule has 0 fully saturated rings. The summed E-state index contributed by atoms with van der Waals surface area (Å²) in [6.07, 6.45) is 4.23. The van der Waals surface area contributed by atoms with E-state index >= 15 is 0 Å². The van der Waals surface area contributed by atoms with Crippen LogP contribution in [0.4, 0.5) is 0 Å². The summed E-state index contributed by atoms with van der Waals surface area (Å²) >= 11 is 1.76. The van der Waals surface area contributed by atoms with Crippen molar-refractivity contribution in [3.8, 4) is 0 Å². The largest absolute Gasteiger partial charge is 0.405 e. The minimum atomic E-state index is -1.86. The van der Waals surface area contributed by atoms with Gasteiger partial charge in [0.2, 0.25) is 0 Å². The topological polar surface area (TPSA) is 26.3 Å². The molecule has 0 spiro atoms. The first-order chi connectivity index (χ1) is 12.3. The van der Waals surface area contributed by atoms with E-state index in [2.05, 4.69) is 31.8 Å². The van der Waals surface area contributed by atoms with E-state index in [0.717, 1.165) is 11.3 Å². The monoisotopic (exact) mass is 384 g/mol. The van der Waals surface area contributed by atoms with Crippen molar-refractivity contribution in [3.63, 3.8) is 0 Å². The predicted octanol–water partition coefficient (Wildman–Crippen LogP) is 6.06. The highest BCUT2D eigenvalue weighted by molar-refractivity contribution is 7.99. The first-order valence-electron chi connectivity index (χ1n) is 8.94. The van der Waals surface area contributed by atoms with Gasteiger partial charge in [-0.1, -0.05) is 54.6 Å². The average Bonchev–Trinajstić information content (AvgIpc) is 2.60. The minimum absolute atomic E-state index is 0.0393. The van der Waals surface area contributed by atoms with E-state index in [-0.39, 0.29) is 5.78 Å². The smallest absolute Gasteiger partial charge is 0.186 e. The van der Waals surface area contributed by atoms with Crippen molar-refractivity contribution in [2.45, 2.75) is 43.5 Å². The fourth-order valence-electron chi connectivity index (χ4n) is 2.69. The number of carbonyl (C=O) groups is 1. The van der Waals surface area contributed by atoms with Gasteiger partial charge in [-0.25, -0.2) is 0 Å². The zero-order valence-electron chi connectivity index (χ0n) is 16.1. The molecule has 0 bridgehead atoms. The lowest BCUT2D eigenvalue weighted by Gasteiger charge is -2.34. The minimum Gasteiger partial charge on any atom is -0.405 e. The molecule has 0 amide bonds. The van der Waals surface area contributed by atoms with Gasteiger partial charge in [0, 0.05) is 10.6 Å². The van der Waals surface area contributed by atoms with E-state index in [1.807, 2.05) is 61.5 Å². The van der Waals surface area contributed by atoms with Crippen LogP contribution in [0.2, 0.25) is 19.6 Å². The molecule has 0 aromatic heterocycles. The maximum Gasteiger partial charge on any atom is 0.186 e. The summed E-state index contributed by atoms with van der Waals surface area (Å²) in [5.41, 5.74) is 0.243. The van der Waals surface area contributed by atoms with E-state index in [0.29, 0.717) is 6.42 Å². The zero-order valence-corrected chi connectivity index (χ0v) is 17.9. The van der Waals surface area contributed by atoms with Gasteiger partial charge in [0.25, 0.3) is 0 Å². The molecule has 2 rings (SSSR count). The van der Waals surface area contributed by atoms with Gasteiger partial charge in [-0.3, -0.25) is 4.79 Å². The fraction of sp³-hybridized carbons (Fsp3) is 0.318. The molecule has 0 heterocycles. The van der Waals surface area contributed by atoms with Gasteiger partial charge >= 0.3 is 0 Å². The molecule has 1 unspecified atom stereocenters. The highest BCUT2D eigenvalue weighted by atomic mass is 32.2. The lowest BCUT2D eigenvalue weighted by molar-refractivity contribution is -0.128. The molecule has 0 aliphatic carbocycles. The molecule has 1 atom stereocenters. The second-order valence-electron chi connectivity index (χ2n) is 7.47. The molecule has 0 radical (unpaired) electrons. The number of thioether (sulfide) groups is 1. The zero-order chi connectivity index (χ0) is 19.0. The summed E-state index contributed by atoms with van der Waals surface area (Å²) in [5.74, 6) is 0.882. The number of carbonyl (C=O) groups excluding carboxylic acids is 1. The van der Waals surface area contributed by atoms with Crippen molar-refractivity contribution < 1.29 is 9.22 Å². The lowest BCUT2D eigenvalue weighted by Crippen LogP contribution is -2.46. The van der Waals surface area contributed by atoms with Crippen LogP contribution in [0.25, 0.3) is 6.08 Å². The highest BCUT2D eigenvalue weighted by Crippen LogP contribution is 2.28. The van der Waals surface area contributed by atoms with E-state index < -0.39 is 13.9 Å². The Morgan fingerprint density at radius 1 is 1.04 bits per heavy atom. The van der Waals surface area contributed by atoms with Crippen LogP contribution in [-0.4, -0.2) is 25.5 Å². The molecule has 0 aliphatic heterocycles. The summed E-state index contributed by atoms with van der Waals surface area (Å²) < 4.78 is 6.34. The Morgan fingerprint density at radius 3 is 2.19 bits per heavy atom. The van der Waals surface area contributed by atoms with Crippen molar-refractivity contribution >= 4 is 31.9 Å². The lowest BCUT2D eigenvalue weighted by atomic mass is 9.97. The molecule has 0 aliphatic rings. The van der Waals surface area contributed by atoms with E-state index in [4.69, 9.17) is 4.43 Å². The predicted molar refractivity (Wildman–Crippen MR) is 115 cm³/mol. The molecule has 2 nitrogen and oxygen atoms in total. The Kier molecular flexibility index (Phi) is 7.44. The SMILES string of the molecule is CC(CCSc1ccccc1)(O[Si](C)(C)C)C(=O)/C=C/c1ccccc1. The summed E-state index contributed by atoms with van der Waals surface area (Å²) in [6, 6.07) is 20.2. The van der Waals surface area contributed by atoms with Gasteiger partial charge in [0.1, 0.15) is 5.60 Å². The van der Waals surface area contributed by atoms with Crippen LogP contribution in [-0.2, 0) is 9.22 Å². The molecule has 138 valence electrons. The van der Waals surface area contributed by atoms with E-state index in [1.165, 1.54) is 4.90 Å². The number of ketones is 1. The van der Waals surface area contributed by atoms with Gasteiger partial charge in [0.15, 0.2) is 14.1 Å². The first kappa shape index (κ1) is 20.7. The normalized spacial score (nSPS) is 14.3. The van der Waals surface area contributed by atoms with Crippen LogP contribution in [0, 0.1) is 0 Å². The van der Waals surface area contributed by atoms with Crippen LogP contribution < -0.4 is 0 Å². The fourth-order valence-corrected chi connectivity index (χ4v) is 5.32. The molecule has 2 aromatic rings. The number of hydrogen-bond donors (Lipinski definition) is 0. The van der Waals surface area contributed by atoms with Crippen LogP contribution in [0.3, 0.4) is 0 Å². The number of rotatable bonds is 9. The number of benzene rings is 2. The van der Waals surface area contributed by atoms with Crippen LogP contribution in [0.5, 0.6) is 0 Å². The Balaban J connectivity index is 2.07. The Hall–Kier alpha value is -1.62. The highest BCUT2D eigenvalue weighted by Gasteiger charge is 2.36. The third kappa shape index (κ3) is 6.94. The summed E-state index contributed by atoms with van der Waals surface area (Å²) in [4.78, 5) is 14.2. The molecule has 26 heavy (non-hydrogen) atoms. The molecular formula is C22H28O2SSi. The Labute approximate surface area is 162 Å². The number of hydrogen-bond acceptors (Lipinski definition) is 3. The molecule has 0 saturated carbocycles. The summed E-state index contributed by atoms with van der Waals surface area (Å²) in [5, 5.41) is 0. The quantitative estimate of drug-likeness (QED) is 0.298. The van der Waals surface area contributed by atoms with Gasteiger partial charge < -0.3 is 4.43 Å². The van der Waals surface area contributed by atoms with Crippen molar-refractivity contribution in [3.05, 3.63) is 72.3 Å². The maximum atomic E-state index is 13.0. The molecule has 0 N–H and O–H groups in total. The standard InChI is InChI=1S/C22H28O2SSi/c1-22(24-26(2,3)4,17-18-25-20-13-9-6-10-14-20)21(23)16-15-19-11-7-5-8-12-19/h5-16H,17-18H2,1-4H3/b16-15+. The van der Waals surface area contributed by atoms with Crippen molar-refractivity contribution in [1.29, 1.82) is 0 Å². The van der Waals surface area contributed by atoms with Crippen molar-refractivity contribution in [2.75, 3.05) is 5.75 Å². The van der Waals surface area contributed by atoms with Crippen molar-refractivity contribution in [2.24, 2.45) is 0 Å². The van der Waals surface area contributed by atoms with E-state index in [1.54, 1.807) is 17.8 Å². The third-order valence-electron chi connectivity index (χ3n) is 3.87. The second-order valence-corrected chi connectivity index (χ2v) is 13.1. The molecule has 4 heteroatoms. The van der Waals surface area contributed by atoms with Crippen LogP contribution in [0.15, 0.2) is 71.6 Å². The molecular weight excluding hydrogens is 356 g/mol. The summed E-state index contributed by atoms with van der Waals surface area (Å²) in [6.45, 7) is 8.33. The third-order valence-corrected chi connectivity index (χ3v) is 5.95. The maximum absolute atomic E-state index is 13.0.